The van der Waals surface area contributed by atoms with Gasteiger partial charge in [-0.3, -0.25) is 23.4 Å². The highest BCUT2D eigenvalue weighted by Crippen LogP contribution is 2.49. The molecule has 2 aromatic carbocycles. The van der Waals surface area contributed by atoms with Crippen molar-refractivity contribution in [3.63, 3.8) is 0 Å². The third kappa shape index (κ3) is 20.2. The molecule has 4 N–H and O–H groups in total. The molecule has 2 saturated heterocycles. The average molecular weight is 1060 g/mol. The number of nitrogens with one attached hydrogen (secondary N) is 2. The van der Waals surface area contributed by atoms with Gasteiger partial charge in [-0.1, -0.05) is 48.1 Å². The number of hydrogen-bond donors (Lipinski definition) is 4. The first kappa shape index (κ1) is 59.8. The smallest absolute Gasteiger partial charge is 0.387 e. The zero-order valence-electron chi connectivity index (χ0n) is 42.8. The zero-order valence-corrected chi connectivity index (χ0v) is 43.7. The average Bonchev–Trinajstić information content (AvgIpc) is 3.92. The number of phosphoric ester groups is 1. The highest BCUT2D eigenvalue weighted by atomic mass is 31.2. The number of anilines is 1. The molecule has 0 aromatic heterocycles. The molecule has 0 spiro atoms. The number of benzene rings is 2. The summed E-state index contributed by atoms with van der Waals surface area (Å²) in [6.07, 6.45) is -5.55. The van der Waals surface area contributed by atoms with Crippen molar-refractivity contribution in [2.45, 2.75) is 101 Å². The Kier molecular flexibility index (Phi) is 25.6. The topological polar surface area (TPSA) is 201 Å². The van der Waals surface area contributed by atoms with E-state index >= 15 is 0 Å². The van der Waals surface area contributed by atoms with Crippen LogP contribution in [0.5, 0.6) is 0 Å². The second kappa shape index (κ2) is 33.0. The van der Waals surface area contributed by atoms with Crippen LogP contribution in [0.1, 0.15) is 62.1 Å². The fraction of sp³-hybridized carbons (Fsp3) is 0.383. The van der Waals surface area contributed by atoms with Gasteiger partial charge in [0.1, 0.15) is 36.6 Å². The van der Waals surface area contributed by atoms with Crippen molar-refractivity contribution in [2.75, 3.05) is 52.5 Å². The fourth-order valence-corrected chi connectivity index (χ4v) is 8.92. The van der Waals surface area contributed by atoms with Gasteiger partial charge >= 0.3 is 7.82 Å². The maximum atomic E-state index is 13.6. The van der Waals surface area contributed by atoms with Crippen LogP contribution in [0.4, 0.5) is 5.69 Å². The number of rotatable bonds is 20. The van der Waals surface area contributed by atoms with Crippen LogP contribution in [0.25, 0.3) is 0 Å². The molecule has 17 heteroatoms. The quantitative estimate of drug-likeness (QED) is 0.0859. The Balaban J connectivity index is 1.01. The summed E-state index contributed by atoms with van der Waals surface area (Å²) in [6, 6.07) is 15.1. The molecule has 0 radical (unpaired) electrons. The Bertz CT molecular complexity index is 3250. The lowest BCUT2D eigenvalue weighted by Gasteiger charge is -2.26. The first-order valence-electron chi connectivity index (χ1n) is 24.1. The molecule has 392 valence electrons. The van der Waals surface area contributed by atoms with Gasteiger partial charge in [-0.25, -0.2) is 4.57 Å². The first-order chi connectivity index (χ1) is 37.5. The molecule has 5 rings (SSSR count). The molecule has 3 amide bonds. The standard InChI is InChI=1S/C60H54N3O13P/c1-5-6-7-8-9-10-11-12-13-14-15-16-17-18-19-20-21-22-23-36-54(64)61-41-29-35-51-59(72-4)60(53(75-51)44-70-2)76-77(68,69)73-45-52-57(67)58(71-3)50(74-52)34-28-42-62-55(65)39-40-56(66)63-43-48-32-25-24-30-46(48)37-38-47-31-26-27-33-49(47)63/h24-27,30-33,50-53,57-60,67H,28-29,34-35,39-45H2,1-4H3,(H,61,64)(H,62,65)(H,68,69)/t50-,51-,52+,53+,57+,58-,59-,60+/m0/s1. The first-order valence-corrected chi connectivity index (χ1v) is 25.6. The largest absolute Gasteiger partial charge is 0.472 e. The minimum atomic E-state index is -4.83. The van der Waals surface area contributed by atoms with Gasteiger partial charge in [0.05, 0.1) is 37.7 Å². The monoisotopic (exact) mass is 1060 g/mol. The molecule has 3 aliphatic rings. The van der Waals surface area contributed by atoms with E-state index in [1.54, 1.807) is 11.8 Å². The SMILES string of the molecule is CC#CC#CC#CC#CC#CC#CC#CC#CC#CC#CC(=O)NCCC[C@@H]1O[C@H](COC)[C@@H](OP(=O)(O)OC[C@H]2O[C@@H](CCCNC(=O)CCC(=O)N3Cc4ccccc4C#Cc4ccccc43)[C@H](OC)[C@@H]2O)[C@H]1OC. The predicted octanol–water partition coefficient (Wildman–Crippen LogP) is 2.63. The molecule has 9 atom stereocenters. The number of amides is 3. The second-order valence-corrected chi connectivity index (χ2v) is 17.9. The zero-order chi connectivity index (χ0) is 55.1. The van der Waals surface area contributed by atoms with Gasteiger partial charge in [0.15, 0.2) is 0 Å². The van der Waals surface area contributed by atoms with Crippen LogP contribution in [0.15, 0.2) is 48.5 Å². The highest BCUT2D eigenvalue weighted by molar-refractivity contribution is 7.47. The number of nitrogens with zero attached hydrogens (tertiary/aromatic N) is 1. The molecule has 1 unspecified atom stereocenters. The summed E-state index contributed by atoms with van der Waals surface area (Å²) in [6.45, 7) is 1.95. The Morgan fingerprint density at radius 2 is 1.19 bits per heavy atom. The predicted molar refractivity (Wildman–Crippen MR) is 285 cm³/mol. The number of fused-ring (bicyclic) bond motifs is 2. The van der Waals surface area contributed by atoms with Crippen LogP contribution in [-0.2, 0) is 58.2 Å². The van der Waals surface area contributed by atoms with E-state index in [1.165, 1.54) is 21.3 Å². The maximum absolute atomic E-state index is 13.6. The van der Waals surface area contributed by atoms with Crippen LogP contribution in [0, 0.1) is 130 Å². The number of para-hydroxylation sites is 1. The van der Waals surface area contributed by atoms with Gasteiger partial charge in [-0.05, 0) is 151 Å². The van der Waals surface area contributed by atoms with Crippen molar-refractivity contribution in [1.82, 2.24) is 10.6 Å². The Labute approximate surface area is 450 Å². The van der Waals surface area contributed by atoms with E-state index < -0.39 is 69.2 Å². The van der Waals surface area contributed by atoms with Crippen molar-refractivity contribution in [2.24, 2.45) is 0 Å². The highest BCUT2D eigenvalue weighted by Gasteiger charge is 2.50. The van der Waals surface area contributed by atoms with E-state index in [0.717, 1.165) is 16.7 Å². The van der Waals surface area contributed by atoms with E-state index in [0.29, 0.717) is 37.9 Å². The lowest BCUT2D eigenvalue weighted by Crippen LogP contribution is -2.38. The number of methoxy groups -OCH3 is 3. The van der Waals surface area contributed by atoms with Crippen LogP contribution in [0.2, 0.25) is 0 Å². The number of aliphatic hydroxyl groups excluding tert-OH is 1. The summed E-state index contributed by atoms with van der Waals surface area (Å²) in [5.74, 6) is 55.1. The normalized spacial score (nSPS) is 20.5. The summed E-state index contributed by atoms with van der Waals surface area (Å²) < 4.78 is 53.1. The fourth-order valence-electron chi connectivity index (χ4n) is 7.96. The van der Waals surface area contributed by atoms with Crippen LogP contribution in [0.3, 0.4) is 0 Å². The number of phosphoric acid groups is 1. The minimum Gasteiger partial charge on any atom is -0.387 e. The molecule has 77 heavy (non-hydrogen) atoms. The van der Waals surface area contributed by atoms with Crippen LogP contribution < -0.4 is 15.5 Å². The molecule has 2 fully saturated rings. The molecule has 0 aliphatic carbocycles. The van der Waals surface area contributed by atoms with Crippen molar-refractivity contribution in [3.8, 4) is 130 Å². The van der Waals surface area contributed by atoms with Gasteiger partial charge in [0.2, 0.25) is 11.8 Å². The number of aliphatic hydroxyl groups is 1. The van der Waals surface area contributed by atoms with Gasteiger partial charge in [0.25, 0.3) is 5.91 Å². The Morgan fingerprint density at radius 3 is 1.81 bits per heavy atom. The summed E-state index contributed by atoms with van der Waals surface area (Å²) in [7, 11) is -0.574. The van der Waals surface area contributed by atoms with Crippen molar-refractivity contribution in [3.05, 3.63) is 65.2 Å². The lowest BCUT2D eigenvalue weighted by molar-refractivity contribution is -0.125. The van der Waals surface area contributed by atoms with Crippen LogP contribution >= 0.6 is 7.82 Å². The van der Waals surface area contributed by atoms with E-state index in [2.05, 4.69) is 141 Å². The number of ether oxygens (including phenoxy) is 5. The third-order valence-corrected chi connectivity index (χ3v) is 12.4. The molecule has 0 bridgehead atoms. The minimum absolute atomic E-state index is 0.00528. The lowest BCUT2D eigenvalue weighted by atomic mass is 10.0. The van der Waals surface area contributed by atoms with E-state index in [4.69, 9.17) is 32.7 Å². The number of hydrogen-bond acceptors (Lipinski definition) is 12. The van der Waals surface area contributed by atoms with E-state index in [9.17, 15) is 28.9 Å². The van der Waals surface area contributed by atoms with Crippen molar-refractivity contribution in [1.29, 1.82) is 0 Å². The Morgan fingerprint density at radius 1 is 0.662 bits per heavy atom. The summed E-state index contributed by atoms with van der Waals surface area (Å²) in [5.41, 5.74) is 3.17. The van der Waals surface area contributed by atoms with Gasteiger partial charge < -0.3 is 49.2 Å². The van der Waals surface area contributed by atoms with E-state index in [-0.39, 0.29) is 44.4 Å². The number of carbonyl (C=O) groups is 3. The van der Waals surface area contributed by atoms with Crippen LogP contribution in [-0.4, -0.2) is 124 Å². The maximum Gasteiger partial charge on any atom is 0.472 e. The van der Waals surface area contributed by atoms with Gasteiger partial charge in [0, 0.05) is 76.1 Å². The van der Waals surface area contributed by atoms with Crippen molar-refractivity contribution < 1.29 is 61.7 Å². The summed E-state index contributed by atoms with van der Waals surface area (Å²) >= 11 is 0. The molecular weight excluding hydrogens is 1000 g/mol. The molecule has 3 aliphatic heterocycles. The van der Waals surface area contributed by atoms with Crippen molar-refractivity contribution >= 4 is 31.2 Å². The second-order valence-electron chi connectivity index (χ2n) is 16.5. The number of carbonyl (C=O) groups excluding carboxylic acids is 3. The third-order valence-electron chi connectivity index (χ3n) is 11.4. The molecule has 0 saturated carbocycles. The van der Waals surface area contributed by atoms with Gasteiger partial charge in [-0.2, -0.15) is 0 Å². The molecule has 16 nitrogen and oxygen atoms in total. The van der Waals surface area contributed by atoms with Gasteiger partial charge in [-0.15, -0.1) is 0 Å². The van der Waals surface area contributed by atoms with E-state index in [1.807, 2.05) is 48.5 Å². The summed E-state index contributed by atoms with van der Waals surface area (Å²) in [4.78, 5) is 51.3. The summed E-state index contributed by atoms with van der Waals surface area (Å²) in [5, 5.41) is 16.6. The Hall–Kier alpha value is -8.12. The molecular formula is C60H54N3O13P. The molecule has 2 aromatic rings. The molecule has 3 heterocycles.